The number of piperazine rings is 1. The molecule has 1 saturated heterocycles. The number of alkyl halides is 3. The van der Waals surface area contributed by atoms with Crippen LogP contribution < -0.4 is 19.1 Å². The summed E-state index contributed by atoms with van der Waals surface area (Å²) in [5, 5.41) is 0.701. The van der Waals surface area contributed by atoms with Gasteiger partial charge in [-0.3, -0.25) is 4.79 Å². The van der Waals surface area contributed by atoms with Gasteiger partial charge < -0.3 is 24.0 Å². The lowest BCUT2D eigenvalue weighted by atomic mass is 10.2. The summed E-state index contributed by atoms with van der Waals surface area (Å²) in [6.07, 6.45) is -1.49. The van der Waals surface area contributed by atoms with Crippen molar-refractivity contribution >= 4 is 38.7 Å². The summed E-state index contributed by atoms with van der Waals surface area (Å²) >= 11 is 1.30. The van der Waals surface area contributed by atoms with Crippen molar-refractivity contribution in [2.24, 2.45) is 0 Å². The number of carbonyl (C=O) groups excluding carboxylic acids is 1. The number of methoxy groups -OCH3 is 2. The molecule has 0 spiro atoms. The molecule has 34 heavy (non-hydrogen) atoms. The highest BCUT2D eigenvalue weighted by Crippen LogP contribution is 2.33. The molecule has 1 aliphatic heterocycles. The van der Waals surface area contributed by atoms with Gasteiger partial charge in [0.05, 0.1) is 24.4 Å². The molecule has 2 heterocycles. The number of fused-ring (bicyclic) bond motifs is 1. The van der Waals surface area contributed by atoms with Crippen molar-refractivity contribution in [3.8, 4) is 17.2 Å². The van der Waals surface area contributed by atoms with E-state index in [1.54, 1.807) is 37.3 Å². The van der Waals surface area contributed by atoms with E-state index in [-0.39, 0.29) is 11.7 Å². The van der Waals surface area contributed by atoms with Crippen molar-refractivity contribution in [2.75, 3.05) is 45.3 Å². The topological polar surface area (TPSA) is 64.1 Å². The van der Waals surface area contributed by atoms with E-state index in [0.29, 0.717) is 53.0 Å². The van der Waals surface area contributed by atoms with Crippen LogP contribution in [-0.4, -0.2) is 62.6 Å². The molecule has 3 aromatic rings. The largest absolute Gasteiger partial charge is 0.573 e. The van der Waals surface area contributed by atoms with Gasteiger partial charge in [0.25, 0.3) is 0 Å². The first-order valence-electron chi connectivity index (χ1n) is 10.4. The minimum Gasteiger partial charge on any atom is -0.493 e. The zero-order valence-electron chi connectivity index (χ0n) is 18.5. The Morgan fingerprint density at radius 2 is 1.76 bits per heavy atom. The van der Waals surface area contributed by atoms with Crippen molar-refractivity contribution in [3.63, 3.8) is 0 Å². The van der Waals surface area contributed by atoms with Gasteiger partial charge in [-0.15, -0.1) is 13.2 Å². The Balaban J connectivity index is 1.37. The van der Waals surface area contributed by atoms with Crippen LogP contribution in [0.25, 0.3) is 16.3 Å². The molecule has 11 heteroatoms. The second-order valence-electron chi connectivity index (χ2n) is 7.43. The zero-order chi connectivity index (χ0) is 24.3. The van der Waals surface area contributed by atoms with Crippen LogP contribution in [0.3, 0.4) is 0 Å². The van der Waals surface area contributed by atoms with E-state index in [1.165, 1.54) is 35.6 Å². The number of halogens is 3. The second kappa shape index (κ2) is 9.80. The third-order valence-corrected chi connectivity index (χ3v) is 6.35. The third kappa shape index (κ3) is 5.53. The highest BCUT2D eigenvalue weighted by molar-refractivity contribution is 7.22. The van der Waals surface area contributed by atoms with E-state index in [9.17, 15) is 18.0 Å². The monoisotopic (exact) mass is 493 g/mol. The first kappa shape index (κ1) is 23.7. The van der Waals surface area contributed by atoms with E-state index < -0.39 is 6.36 Å². The Morgan fingerprint density at radius 3 is 2.44 bits per heavy atom. The van der Waals surface area contributed by atoms with Crippen molar-refractivity contribution in [3.05, 3.63) is 48.0 Å². The number of aromatic nitrogens is 1. The summed E-state index contributed by atoms with van der Waals surface area (Å²) in [4.78, 5) is 20.9. The molecule has 0 saturated carbocycles. The van der Waals surface area contributed by atoms with Crippen LogP contribution in [0.4, 0.5) is 18.3 Å². The maximum absolute atomic E-state index is 12.6. The van der Waals surface area contributed by atoms with Gasteiger partial charge >= 0.3 is 6.36 Å². The minimum atomic E-state index is -4.74. The molecule has 1 aliphatic rings. The summed E-state index contributed by atoms with van der Waals surface area (Å²) in [5.41, 5.74) is 1.42. The molecule has 1 fully saturated rings. The number of thiazole rings is 1. The van der Waals surface area contributed by atoms with Crippen molar-refractivity contribution in [1.29, 1.82) is 0 Å². The van der Waals surface area contributed by atoms with Gasteiger partial charge in [-0.1, -0.05) is 17.4 Å². The zero-order valence-corrected chi connectivity index (χ0v) is 19.3. The Labute approximate surface area is 198 Å². The van der Waals surface area contributed by atoms with Crippen molar-refractivity contribution in [2.45, 2.75) is 6.36 Å². The normalized spacial score (nSPS) is 14.6. The minimum absolute atomic E-state index is 0.104. The highest BCUT2D eigenvalue weighted by atomic mass is 32.1. The predicted octanol–water partition coefficient (Wildman–Crippen LogP) is 4.57. The van der Waals surface area contributed by atoms with Crippen LogP contribution in [0, 0.1) is 0 Å². The smallest absolute Gasteiger partial charge is 0.493 e. The SMILES string of the molecule is COc1ccc(/C=C/C(=O)N2CCN(c3nc4ccc(OC(F)(F)F)cc4s3)CC2)cc1OC. The number of rotatable bonds is 6. The fraction of sp³-hybridized carbons (Fsp3) is 0.304. The van der Waals surface area contributed by atoms with Crippen LogP contribution in [0.2, 0.25) is 0 Å². The van der Waals surface area contributed by atoms with Gasteiger partial charge in [0.2, 0.25) is 5.91 Å². The molecular formula is C23H22F3N3O4S. The molecule has 1 amide bonds. The quantitative estimate of drug-likeness (QED) is 0.469. The summed E-state index contributed by atoms with van der Waals surface area (Å²) in [7, 11) is 3.11. The van der Waals surface area contributed by atoms with E-state index in [4.69, 9.17) is 9.47 Å². The van der Waals surface area contributed by atoms with Crippen LogP contribution >= 0.6 is 11.3 Å². The molecule has 0 radical (unpaired) electrons. The summed E-state index contributed by atoms with van der Waals surface area (Å²) in [6, 6.07) is 9.50. The number of carbonyl (C=O) groups is 1. The molecule has 0 atom stereocenters. The van der Waals surface area contributed by atoms with Crippen LogP contribution in [0.1, 0.15) is 5.56 Å². The maximum atomic E-state index is 12.6. The lowest BCUT2D eigenvalue weighted by Gasteiger charge is -2.34. The van der Waals surface area contributed by atoms with Crippen LogP contribution in [0.15, 0.2) is 42.5 Å². The van der Waals surface area contributed by atoms with E-state index >= 15 is 0 Å². The van der Waals surface area contributed by atoms with Crippen molar-refractivity contribution < 1.29 is 32.2 Å². The van der Waals surface area contributed by atoms with Gasteiger partial charge in [0, 0.05) is 38.3 Å². The van der Waals surface area contributed by atoms with E-state index in [1.807, 2.05) is 11.0 Å². The van der Waals surface area contributed by atoms with E-state index in [2.05, 4.69) is 9.72 Å². The summed E-state index contributed by atoms with van der Waals surface area (Å²) < 4.78 is 52.5. The molecule has 1 aromatic heterocycles. The van der Waals surface area contributed by atoms with Gasteiger partial charge in [0.15, 0.2) is 16.6 Å². The summed E-state index contributed by atoms with van der Waals surface area (Å²) in [6.45, 7) is 2.16. The molecule has 0 N–H and O–H groups in total. The number of hydrogen-bond acceptors (Lipinski definition) is 7. The molecule has 0 aliphatic carbocycles. The standard InChI is InChI=1S/C23H22F3N3O4S/c1-31-18-7-3-15(13-19(18)32-2)4-8-21(30)28-9-11-29(12-10-28)22-27-17-6-5-16(14-20(17)34-22)33-23(24,25)26/h3-8,13-14H,9-12H2,1-2H3/b8-4+. The molecule has 7 nitrogen and oxygen atoms in total. The first-order chi connectivity index (χ1) is 16.3. The molecule has 180 valence electrons. The number of amides is 1. The fourth-order valence-corrected chi connectivity index (χ4v) is 4.62. The lowest BCUT2D eigenvalue weighted by molar-refractivity contribution is -0.274. The Hall–Kier alpha value is -3.47. The third-order valence-electron chi connectivity index (χ3n) is 5.27. The molecular weight excluding hydrogens is 471 g/mol. The molecule has 0 bridgehead atoms. The fourth-order valence-electron chi connectivity index (χ4n) is 3.57. The number of nitrogens with zero attached hydrogens (tertiary/aromatic N) is 3. The van der Waals surface area contributed by atoms with Gasteiger partial charge in [0.1, 0.15) is 5.75 Å². The van der Waals surface area contributed by atoms with Gasteiger partial charge in [-0.25, -0.2) is 4.98 Å². The van der Waals surface area contributed by atoms with Gasteiger partial charge in [-0.05, 0) is 35.9 Å². The summed E-state index contributed by atoms with van der Waals surface area (Å²) in [5.74, 6) is 0.819. The Morgan fingerprint density at radius 1 is 1.03 bits per heavy atom. The molecule has 2 aromatic carbocycles. The number of hydrogen-bond donors (Lipinski definition) is 0. The predicted molar refractivity (Wildman–Crippen MR) is 124 cm³/mol. The average molecular weight is 494 g/mol. The van der Waals surface area contributed by atoms with Crippen molar-refractivity contribution in [1.82, 2.24) is 9.88 Å². The number of benzene rings is 2. The lowest BCUT2D eigenvalue weighted by Crippen LogP contribution is -2.48. The molecule has 4 rings (SSSR count). The van der Waals surface area contributed by atoms with Gasteiger partial charge in [-0.2, -0.15) is 0 Å². The Kier molecular flexibility index (Phi) is 6.82. The molecule has 0 unspecified atom stereocenters. The van der Waals surface area contributed by atoms with Crippen LogP contribution in [0.5, 0.6) is 17.2 Å². The maximum Gasteiger partial charge on any atom is 0.573 e. The number of anilines is 1. The Bertz CT molecular complexity index is 1200. The number of ether oxygens (including phenoxy) is 3. The first-order valence-corrected chi connectivity index (χ1v) is 11.2. The van der Waals surface area contributed by atoms with E-state index in [0.717, 1.165) is 5.56 Å². The average Bonchev–Trinajstić information content (AvgIpc) is 3.24. The second-order valence-corrected chi connectivity index (χ2v) is 8.44. The highest BCUT2D eigenvalue weighted by Gasteiger charge is 2.31. The van der Waals surface area contributed by atoms with Crippen LogP contribution in [-0.2, 0) is 4.79 Å².